The average Bonchev–Trinajstić information content (AvgIpc) is 2.28. The molecule has 1 amide bonds. The van der Waals surface area contributed by atoms with Crippen LogP contribution in [0.25, 0.3) is 0 Å². The quantitative estimate of drug-likeness (QED) is 0.798. The van der Waals surface area contributed by atoms with Crippen molar-refractivity contribution in [2.45, 2.75) is 6.92 Å². The number of rotatable bonds is 4. The first-order valence-electron chi connectivity index (χ1n) is 4.82. The summed E-state index contributed by atoms with van der Waals surface area (Å²) in [6.07, 6.45) is 0. The average molecular weight is 244 g/mol. The highest BCUT2D eigenvalue weighted by atomic mass is 35.5. The van der Waals surface area contributed by atoms with E-state index < -0.39 is 0 Å². The third-order valence-corrected chi connectivity index (χ3v) is 2.59. The summed E-state index contributed by atoms with van der Waals surface area (Å²) in [6, 6.07) is 4.66. The summed E-state index contributed by atoms with van der Waals surface area (Å²) < 4.78 is 4.89. The fourth-order valence-electron chi connectivity index (χ4n) is 1.10. The van der Waals surface area contributed by atoms with Crippen molar-refractivity contribution in [3.63, 3.8) is 0 Å². The van der Waals surface area contributed by atoms with E-state index in [1.807, 2.05) is 0 Å². The van der Waals surface area contributed by atoms with E-state index >= 15 is 0 Å². The maximum Gasteiger partial charge on any atom is 0.228 e. The Balaban J connectivity index is 2.75. The number of carbonyl (C=O) groups is 1. The van der Waals surface area contributed by atoms with Crippen LogP contribution in [-0.4, -0.2) is 24.0 Å². The smallest absolute Gasteiger partial charge is 0.228 e. The van der Waals surface area contributed by atoms with Gasteiger partial charge in [0.05, 0.1) is 7.11 Å². The summed E-state index contributed by atoms with van der Waals surface area (Å²) in [5.74, 6) is 0.154. The van der Waals surface area contributed by atoms with Gasteiger partial charge in [-0.15, -0.1) is 11.6 Å². The van der Waals surface area contributed by atoms with Crippen molar-refractivity contribution >= 4 is 23.2 Å². The second-order valence-electron chi connectivity index (χ2n) is 3.43. The van der Waals surface area contributed by atoms with Gasteiger partial charge >= 0.3 is 0 Å². The van der Waals surface area contributed by atoms with E-state index in [2.05, 4.69) is 5.32 Å². The van der Waals surface area contributed by atoms with Crippen molar-refractivity contribution < 1.29 is 14.6 Å². The zero-order valence-electron chi connectivity index (χ0n) is 9.16. The highest BCUT2D eigenvalue weighted by Gasteiger charge is 2.12. The Morgan fingerprint density at radius 1 is 1.62 bits per heavy atom. The minimum absolute atomic E-state index is 0.0150. The Labute approximate surface area is 99.2 Å². The molecule has 1 unspecified atom stereocenters. The maximum atomic E-state index is 11.5. The van der Waals surface area contributed by atoms with E-state index in [-0.39, 0.29) is 23.5 Å². The summed E-state index contributed by atoms with van der Waals surface area (Å²) >= 11 is 5.56. The summed E-state index contributed by atoms with van der Waals surface area (Å²) in [5.41, 5.74) is 0.514. The van der Waals surface area contributed by atoms with Crippen molar-refractivity contribution in [1.29, 1.82) is 0 Å². The lowest BCUT2D eigenvalue weighted by atomic mass is 10.2. The molecule has 1 atom stereocenters. The fourth-order valence-corrected chi connectivity index (χ4v) is 1.24. The molecular formula is C11H14ClNO3. The molecule has 0 spiro atoms. The standard InChI is InChI=1S/C11H14ClNO3/c1-7(6-12)11(15)13-8-3-4-10(16-2)9(14)5-8/h3-5,7,14H,6H2,1-2H3,(H,13,15). The number of alkyl halides is 1. The number of phenols is 1. The van der Waals surface area contributed by atoms with Gasteiger partial charge in [-0.2, -0.15) is 0 Å². The van der Waals surface area contributed by atoms with Crippen molar-refractivity contribution in [2.24, 2.45) is 5.92 Å². The normalized spacial score (nSPS) is 11.9. The van der Waals surface area contributed by atoms with E-state index in [0.717, 1.165) is 0 Å². The highest BCUT2D eigenvalue weighted by molar-refractivity contribution is 6.19. The number of ether oxygens (including phenoxy) is 1. The molecule has 0 aliphatic rings. The molecule has 0 fully saturated rings. The number of aromatic hydroxyl groups is 1. The molecule has 1 aromatic carbocycles. The molecule has 16 heavy (non-hydrogen) atoms. The summed E-state index contributed by atoms with van der Waals surface area (Å²) in [4.78, 5) is 11.5. The summed E-state index contributed by atoms with van der Waals surface area (Å²) in [7, 11) is 1.46. The van der Waals surface area contributed by atoms with Gasteiger partial charge in [-0.25, -0.2) is 0 Å². The molecular weight excluding hydrogens is 230 g/mol. The largest absolute Gasteiger partial charge is 0.504 e. The predicted molar refractivity (Wildman–Crippen MR) is 63.2 cm³/mol. The molecule has 88 valence electrons. The predicted octanol–water partition coefficient (Wildman–Crippen LogP) is 2.21. The molecule has 1 aromatic rings. The minimum Gasteiger partial charge on any atom is -0.504 e. The summed E-state index contributed by atoms with van der Waals surface area (Å²) in [6.45, 7) is 1.73. The van der Waals surface area contributed by atoms with E-state index in [9.17, 15) is 9.90 Å². The Morgan fingerprint density at radius 3 is 2.81 bits per heavy atom. The first-order valence-corrected chi connectivity index (χ1v) is 5.35. The van der Waals surface area contributed by atoms with Gasteiger partial charge in [0.1, 0.15) is 0 Å². The molecule has 0 aliphatic heterocycles. The Morgan fingerprint density at radius 2 is 2.31 bits per heavy atom. The third-order valence-electron chi connectivity index (χ3n) is 2.13. The van der Waals surface area contributed by atoms with Crippen molar-refractivity contribution in [2.75, 3.05) is 18.3 Å². The zero-order chi connectivity index (χ0) is 12.1. The fraction of sp³-hybridized carbons (Fsp3) is 0.364. The van der Waals surface area contributed by atoms with Gasteiger partial charge in [-0.3, -0.25) is 4.79 Å². The summed E-state index contributed by atoms with van der Waals surface area (Å²) in [5, 5.41) is 12.1. The molecule has 0 saturated carbocycles. The number of carbonyl (C=O) groups excluding carboxylic acids is 1. The van der Waals surface area contributed by atoms with E-state index in [1.54, 1.807) is 19.1 Å². The van der Waals surface area contributed by atoms with Crippen LogP contribution in [0.15, 0.2) is 18.2 Å². The first kappa shape index (κ1) is 12.6. The van der Waals surface area contributed by atoms with E-state index in [0.29, 0.717) is 11.4 Å². The van der Waals surface area contributed by atoms with Gasteiger partial charge in [0.2, 0.25) is 5.91 Å². The van der Waals surface area contributed by atoms with E-state index in [4.69, 9.17) is 16.3 Å². The van der Waals surface area contributed by atoms with Crippen LogP contribution in [0.4, 0.5) is 5.69 Å². The van der Waals surface area contributed by atoms with Gasteiger partial charge in [0.15, 0.2) is 11.5 Å². The van der Waals surface area contributed by atoms with Crippen LogP contribution in [0.3, 0.4) is 0 Å². The number of hydrogen-bond donors (Lipinski definition) is 2. The number of hydrogen-bond acceptors (Lipinski definition) is 3. The number of nitrogens with one attached hydrogen (secondary N) is 1. The molecule has 0 bridgehead atoms. The number of halogens is 1. The van der Waals surface area contributed by atoms with Crippen LogP contribution < -0.4 is 10.1 Å². The van der Waals surface area contributed by atoms with Gasteiger partial charge in [-0.1, -0.05) is 6.92 Å². The number of anilines is 1. The van der Waals surface area contributed by atoms with Crippen LogP contribution in [-0.2, 0) is 4.79 Å². The van der Waals surface area contributed by atoms with Crippen molar-refractivity contribution in [1.82, 2.24) is 0 Å². The maximum absolute atomic E-state index is 11.5. The Kier molecular flexibility index (Phi) is 4.43. The topological polar surface area (TPSA) is 58.6 Å². The minimum atomic E-state index is -0.272. The number of phenolic OH excluding ortho intramolecular Hbond substituents is 1. The molecule has 2 N–H and O–H groups in total. The van der Waals surface area contributed by atoms with Crippen LogP contribution in [0.1, 0.15) is 6.92 Å². The molecule has 0 aromatic heterocycles. The van der Waals surface area contributed by atoms with Crippen LogP contribution in [0, 0.1) is 5.92 Å². The third kappa shape index (κ3) is 3.03. The lowest BCUT2D eigenvalue weighted by Crippen LogP contribution is -2.21. The van der Waals surface area contributed by atoms with Gasteiger partial charge in [0, 0.05) is 23.6 Å². The second-order valence-corrected chi connectivity index (χ2v) is 3.74. The van der Waals surface area contributed by atoms with Crippen molar-refractivity contribution in [3.05, 3.63) is 18.2 Å². The molecule has 0 saturated heterocycles. The van der Waals surface area contributed by atoms with Gasteiger partial charge < -0.3 is 15.2 Å². The monoisotopic (exact) mass is 243 g/mol. The second kappa shape index (κ2) is 5.61. The van der Waals surface area contributed by atoms with Crippen molar-refractivity contribution in [3.8, 4) is 11.5 Å². The molecule has 0 radical (unpaired) electrons. The zero-order valence-corrected chi connectivity index (χ0v) is 9.91. The molecule has 4 nitrogen and oxygen atoms in total. The van der Waals surface area contributed by atoms with Gasteiger partial charge in [0.25, 0.3) is 0 Å². The number of amides is 1. The molecule has 5 heteroatoms. The van der Waals surface area contributed by atoms with Gasteiger partial charge in [-0.05, 0) is 12.1 Å². The molecule has 0 heterocycles. The number of methoxy groups -OCH3 is 1. The van der Waals surface area contributed by atoms with Crippen LogP contribution in [0.5, 0.6) is 11.5 Å². The molecule has 0 aliphatic carbocycles. The SMILES string of the molecule is COc1ccc(NC(=O)C(C)CCl)cc1O. The Bertz CT molecular complexity index is 381. The van der Waals surface area contributed by atoms with E-state index in [1.165, 1.54) is 13.2 Å². The lowest BCUT2D eigenvalue weighted by molar-refractivity contribution is -0.118. The highest BCUT2D eigenvalue weighted by Crippen LogP contribution is 2.28. The number of benzene rings is 1. The molecule has 1 rings (SSSR count). The Hall–Kier alpha value is -1.42. The van der Waals surface area contributed by atoms with Crippen LogP contribution >= 0.6 is 11.6 Å². The lowest BCUT2D eigenvalue weighted by Gasteiger charge is -2.10. The first-order chi connectivity index (χ1) is 7.58. The van der Waals surface area contributed by atoms with Crippen LogP contribution in [0.2, 0.25) is 0 Å².